The molecule has 0 bridgehead atoms. The average Bonchev–Trinajstić information content (AvgIpc) is 3.27. The number of hydrogen-bond donors (Lipinski definition) is 3. The second-order valence-corrected chi connectivity index (χ2v) is 8.33. The monoisotopic (exact) mass is 450 g/mol. The van der Waals surface area contributed by atoms with Gasteiger partial charge in [0.2, 0.25) is 0 Å². The van der Waals surface area contributed by atoms with Crippen LogP contribution in [0.25, 0.3) is 0 Å². The molecule has 3 N–H and O–H groups in total. The molecule has 2 aromatic heterocycles. The minimum absolute atomic E-state index is 0.00606. The third-order valence-electron chi connectivity index (χ3n) is 4.11. The van der Waals surface area contributed by atoms with E-state index in [2.05, 4.69) is 15.0 Å². The van der Waals surface area contributed by atoms with Crippen molar-refractivity contribution in [3.8, 4) is 0 Å². The molecule has 29 heavy (non-hydrogen) atoms. The van der Waals surface area contributed by atoms with Crippen molar-refractivity contribution in [1.82, 2.24) is 14.3 Å². The molecule has 1 aromatic carbocycles. The fourth-order valence-corrected chi connectivity index (χ4v) is 4.61. The van der Waals surface area contributed by atoms with Crippen molar-refractivity contribution in [2.24, 2.45) is 7.05 Å². The summed E-state index contributed by atoms with van der Waals surface area (Å²) < 4.78 is 6.19. The number of rotatable bonds is 8. The number of urea groups is 1. The number of aromatic carboxylic acids is 1. The van der Waals surface area contributed by atoms with Crippen LogP contribution in [0.3, 0.4) is 0 Å². The highest BCUT2D eigenvalue weighted by Gasteiger charge is 2.22. The van der Waals surface area contributed by atoms with E-state index in [1.54, 1.807) is 12.1 Å². The Morgan fingerprint density at radius 2 is 2.03 bits per heavy atom. The molecule has 0 spiro atoms. The lowest BCUT2D eigenvalue weighted by Gasteiger charge is -2.07. The number of nitrogens with one attached hydrogen (secondary N) is 2. The van der Waals surface area contributed by atoms with Gasteiger partial charge in [-0.2, -0.15) is 4.37 Å². The molecule has 3 aromatic rings. The van der Waals surface area contributed by atoms with Gasteiger partial charge in [0.15, 0.2) is 0 Å². The Kier molecular flexibility index (Phi) is 7.18. The minimum atomic E-state index is -1.13. The molecule has 3 rings (SSSR count). The molecule has 2 amide bonds. The van der Waals surface area contributed by atoms with E-state index in [9.17, 15) is 14.7 Å². The van der Waals surface area contributed by atoms with E-state index in [1.165, 1.54) is 11.8 Å². The first-order valence-corrected chi connectivity index (χ1v) is 10.8. The van der Waals surface area contributed by atoms with Gasteiger partial charge >= 0.3 is 12.0 Å². The molecule has 0 unspecified atom stereocenters. The molecule has 0 atom stereocenters. The first-order chi connectivity index (χ1) is 13.9. The molecule has 10 heteroatoms. The van der Waals surface area contributed by atoms with Gasteiger partial charge in [0.1, 0.15) is 15.6 Å². The van der Waals surface area contributed by atoms with E-state index in [0.717, 1.165) is 22.8 Å². The van der Waals surface area contributed by atoms with Crippen molar-refractivity contribution in [2.45, 2.75) is 17.2 Å². The van der Waals surface area contributed by atoms with Crippen molar-refractivity contribution in [3.05, 3.63) is 64.4 Å². The first kappa shape index (κ1) is 21.2. The molecule has 0 aliphatic heterocycles. The topological polar surface area (TPSA) is 96.3 Å². The van der Waals surface area contributed by atoms with Gasteiger partial charge in [0.05, 0.1) is 0 Å². The summed E-state index contributed by atoms with van der Waals surface area (Å²) in [7, 11) is 1.94. The average molecular weight is 451 g/mol. The number of carbonyl (C=O) groups excluding carboxylic acids is 1. The number of aromatic nitrogens is 2. The Morgan fingerprint density at radius 3 is 2.69 bits per heavy atom. The summed E-state index contributed by atoms with van der Waals surface area (Å²) in [4.78, 5) is 23.9. The zero-order valence-electron chi connectivity index (χ0n) is 15.5. The van der Waals surface area contributed by atoms with Crippen LogP contribution < -0.4 is 10.6 Å². The second kappa shape index (κ2) is 9.82. The smallest absolute Gasteiger partial charge is 0.341 e. The summed E-state index contributed by atoms with van der Waals surface area (Å²) in [6.07, 6.45) is 2.61. The Labute approximate surface area is 181 Å². The van der Waals surface area contributed by atoms with E-state index in [4.69, 9.17) is 11.6 Å². The molecule has 0 aliphatic rings. The highest BCUT2D eigenvalue weighted by atomic mass is 35.5. The molecule has 0 aliphatic carbocycles. The van der Waals surface area contributed by atoms with Crippen LogP contribution in [0.2, 0.25) is 5.02 Å². The SMILES string of the molecule is Cn1cccc1CCNC(=O)Nc1snc(SCc2ccc(Cl)cc2)c1C(=O)O. The van der Waals surface area contributed by atoms with Crippen LogP contribution in [0, 0.1) is 0 Å². The molecule has 2 heterocycles. The van der Waals surface area contributed by atoms with Crippen molar-refractivity contribution in [2.75, 3.05) is 11.9 Å². The quantitative estimate of drug-likeness (QED) is 0.439. The third kappa shape index (κ3) is 5.75. The highest BCUT2D eigenvalue weighted by Crippen LogP contribution is 2.33. The van der Waals surface area contributed by atoms with Gasteiger partial charge < -0.3 is 15.0 Å². The number of amides is 2. The van der Waals surface area contributed by atoms with Gasteiger partial charge in [-0.15, -0.1) is 0 Å². The van der Waals surface area contributed by atoms with Crippen LogP contribution >= 0.6 is 34.9 Å². The molecule has 152 valence electrons. The Bertz CT molecular complexity index is 1000. The Hall–Kier alpha value is -2.49. The Morgan fingerprint density at radius 1 is 1.28 bits per heavy atom. The van der Waals surface area contributed by atoms with Gasteiger partial charge in [-0.25, -0.2) is 9.59 Å². The van der Waals surface area contributed by atoms with Crippen molar-refractivity contribution in [3.63, 3.8) is 0 Å². The van der Waals surface area contributed by atoms with Gasteiger partial charge in [-0.3, -0.25) is 5.32 Å². The van der Waals surface area contributed by atoms with Crippen LogP contribution in [0.15, 0.2) is 47.6 Å². The zero-order valence-corrected chi connectivity index (χ0v) is 17.9. The standard InChI is InChI=1S/C19H19ClN4O3S2/c1-24-10-2-3-14(24)8-9-21-19(27)22-16-15(18(25)26)17(23-29-16)28-11-12-4-6-13(20)7-5-12/h2-7,10H,8-9,11H2,1H3,(H,25,26)(H2,21,22,27). The number of carboxylic acid groups (broad SMARTS) is 1. The fourth-order valence-electron chi connectivity index (χ4n) is 2.59. The number of carboxylic acids is 1. The minimum Gasteiger partial charge on any atom is -0.477 e. The van der Waals surface area contributed by atoms with E-state index in [-0.39, 0.29) is 10.6 Å². The summed E-state index contributed by atoms with van der Waals surface area (Å²) in [5.74, 6) is -0.583. The predicted octanol–water partition coefficient (Wildman–Crippen LogP) is 4.49. The maximum absolute atomic E-state index is 12.2. The number of thioether (sulfide) groups is 1. The molecule has 0 saturated heterocycles. The van der Waals surface area contributed by atoms with E-state index in [0.29, 0.717) is 28.8 Å². The second-order valence-electron chi connectivity index (χ2n) is 6.15. The van der Waals surface area contributed by atoms with Crippen LogP contribution in [0.4, 0.5) is 9.80 Å². The number of carbonyl (C=O) groups is 2. The molecule has 0 fully saturated rings. The van der Waals surface area contributed by atoms with Gasteiger partial charge in [0.25, 0.3) is 0 Å². The van der Waals surface area contributed by atoms with E-state index in [1.807, 2.05) is 42.1 Å². The van der Waals surface area contributed by atoms with Crippen molar-refractivity contribution >= 4 is 51.9 Å². The normalized spacial score (nSPS) is 10.7. The number of benzene rings is 1. The maximum Gasteiger partial charge on any atom is 0.341 e. The van der Waals surface area contributed by atoms with Crippen molar-refractivity contribution in [1.29, 1.82) is 0 Å². The highest BCUT2D eigenvalue weighted by molar-refractivity contribution is 7.98. The lowest BCUT2D eigenvalue weighted by Crippen LogP contribution is -2.30. The zero-order chi connectivity index (χ0) is 20.8. The summed E-state index contributed by atoms with van der Waals surface area (Å²) in [6.45, 7) is 0.434. The number of nitrogens with zero attached hydrogens (tertiary/aromatic N) is 2. The van der Waals surface area contributed by atoms with Gasteiger partial charge in [0, 0.05) is 42.7 Å². The number of hydrogen-bond acceptors (Lipinski definition) is 5. The molecular formula is C19H19ClN4O3S2. The summed E-state index contributed by atoms with van der Waals surface area (Å²) in [5.41, 5.74) is 2.10. The van der Waals surface area contributed by atoms with Gasteiger partial charge in [-0.05, 0) is 41.4 Å². The fraction of sp³-hybridized carbons (Fsp3) is 0.211. The number of halogens is 1. The summed E-state index contributed by atoms with van der Waals surface area (Å²) >= 11 is 8.13. The van der Waals surface area contributed by atoms with Crippen LogP contribution in [0.5, 0.6) is 0 Å². The Balaban J connectivity index is 1.58. The molecule has 0 saturated carbocycles. The summed E-state index contributed by atoms with van der Waals surface area (Å²) in [5, 5.41) is 16.1. The summed E-state index contributed by atoms with van der Waals surface area (Å²) in [6, 6.07) is 10.8. The van der Waals surface area contributed by atoms with Crippen LogP contribution in [-0.2, 0) is 19.2 Å². The predicted molar refractivity (Wildman–Crippen MR) is 116 cm³/mol. The number of aryl methyl sites for hydroxylation is 1. The third-order valence-corrected chi connectivity index (χ3v) is 6.29. The lowest BCUT2D eigenvalue weighted by atomic mass is 10.2. The lowest BCUT2D eigenvalue weighted by molar-refractivity contribution is 0.0694. The molecular weight excluding hydrogens is 432 g/mol. The first-order valence-electron chi connectivity index (χ1n) is 8.69. The molecule has 7 nitrogen and oxygen atoms in total. The van der Waals surface area contributed by atoms with Gasteiger partial charge in [-0.1, -0.05) is 35.5 Å². The molecule has 0 radical (unpaired) electrons. The number of anilines is 1. The van der Waals surface area contributed by atoms with Crippen LogP contribution in [-0.4, -0.2) is 32.6 Å². The van der Waals surface area contributed by atoms with E-state index >= 15 is 0 Å². The maximum atomic E-state index is 12.2. The van der Waals surface area contributed by atoms with Crippen LogP contribution in [0.1, 0.15) is 21.6 Å². The largest absolute Gasteiger partial charge is 0.477 e. The van der Waals surface area contributed by atoms with Crippen molar-refractivity contribution < 1.29 is 14.7 Å². The van der Waals surface area contributed by atoms with E-state index < -0.39 is 12.0 Å².